The number of carbonyl (C=O) groups excluding carboxylic acids is 2. The SMILES string of the molecule is O=C(Nc1cnccc1-c1ccccc1)c1ccnc(NC(=O)C2CCOCC2)c1. The summed E-state index contributed by atoms with van der Waals surface area (Å²) >= 11 is 0. The van der Waals surface area contributed by atoms with Crippen molar-refractivity contribution in [2.75, 3.05) is 23.8 Å². The molecule has 1 aromatic carbocycles. The molecule has 3 heterocycles. The summed E-state index contributed by atoms with van der Waals surface area (Å²) in [4.78, 5) is 33.6. The molecule has 1 saturated heterocycles. The van der Waals surface area contributed by atoms with Gasteiger partial charge in [0.15, 0.2) is 0 Å². The molecule has 30 heavy (non-hydrogen) atoms. The van der Waals surface area contributed by atoms with Gasteiger partial charge in [0, 0.05) is 42.7 Å². The van der Waals surface area contributed by atoms with Gasteiger partial charge in [-0.2, -0.15) is 0 Å². The van der Waals surface area contributed by atoms with Crippen LogP contribution in [0.15, 0.2) is 67.1 Å². The molecular weight excluding hydrogens is 380 g/mol. The van der Waals surface area contributed by atoms with Crippen molar-refractivity contribution in [3.8, 4) is 11.1 Å². The van der Waals surface area contributed by atoms with Crippen LogP contribution in [0.25, 0.3) is 11.1 Å². The molecule has 7 heteroatoms. The summed E-state index contributed by atoms with van der Waals surface area (Å²) in [5.74, 6) is -0.137. The van der Waals surface area contributed by atoms with Gasteiger partial charge in [-0.3, -0.25) is 14.6 Å². The molecule has 0 unspecified atom stereocenters. The van der Waals surface area contributed by atoms with E-state index in [9.17, 15) is 9.59 Å². The molecule has 0 bridgehead atoms. The van der Waals surface area contributed by atoms with Gasteiger partial charge in [-0.15, -0.1) is 0 Å². The van der Waals surface area contributed by atoms with Gasteiger partial charge in [0.25, 0.3) is 5.91 Å². The minimum Gasteiger partial charge on any atom is -0.381 e. The second-order valence-corrected chi connectivity index (χ2v) is 7.05. The molecule has 2 aromatic heterocycles. The van der Waals surface area contributed by atoms with Crippen LogP contribution in [0.2, 0.25) is 0 Å². The summed E-state index contributed by atoms with van der Waals surface area (Å²) in [5, 5.41) is 5.72. The lowest BCUT2D eigenvalue weighted by molar-refractivity contribution is -0.122. The minimum absolute atomic E-state index is 0.0954. The standard InChI is InChI=1S/C23H22N4O3/c28-22(17-8-12-30-13-9-17)27-21-14-18(6-11-25-21)23(29)26-20-15-24-10-7-19(20)16-4-2-1-3-5-16/h1-7,10-11,14-15,17H,8-9,12-13H2,(H,26,29)(H,25,27,28). The van der Waals surface area contributed by atoms with Gasteiger partial charge in [0.05, 0.1) is 11.9 Å². The van der Waals surface area contributed by atoms with Gasteiger partial charge in [0.2, 0.25) is 5.91 Å². The lowest BCUT2D eigenvalue weighted by Crippen LogP contribution is -2.29. The molecule has 0 radical (unpaired) electrons. The van der Waals surface area contributed by atoms with E-state index in [1.165, 1.54) is 6.20 Å². The third-order valence-electron chi connectivity index (χ3n) is 5.02. The van der Waals surface area contributed by atoms with Crippen LogP contribution in [0.1, 0.15) is 23.2 Å². The second kappa shape index (κ2) is 9.28. The number of aromatic nitrogens is 2. The Balaban J connectivity index is 1.48. The Kier molecular flexibility index (Phi) is 6.10. The van der Waals surface area contributed by atoms with E-state index in [-0.39, 0.29) is 17.7 Å². The lowest BCUT2D eigenvalue weighted by atomic mass is 9.99. The molecule has 1 aliphatic heterocycles. The number of benzene rings is 1. The Labute approximate surface area is 174 Å². The van der Waals surface area contributed by atoms with Gasteiger partial charge in [-0.25, -0.2) is 4.98 Å². The maximum absolute atomic E-state index is 12.8. The van der Waals surface area contributed by atoms with Gasteiger partial charge in [-0.05, 0) is 36.6 Å². The fourth-order valence-corrected chi connectivity index (χ4v) is 3.39. The number of nitrogens with zero attached hydrogens (tertiary/aromatic N) is 2. The molecule has 2 N–H and O–H groups in total. The Bertz CT molecular complexity index is 1030. The predicted molar refractivity (Wildman–Crippen MR) is 114 cm³/mol. The first-order valence-electron chi connectivity index (χ1n) is 9.86. The summed E-state index contributed by atoms with van der Waals surface area (Å²) in [7, 11) is 0. The van der Waals surface area contributed by atoms with E-state index in [4.69, 9.17) is 4.74 Å². The number of nitrogens with one attached hydrogen (secondary N) is 2. The number of amides is 2. The third-order valence-corrected chi connectivity index (χ3v) is 5.02. The lowest BCUT2D eigenvalue weighted by Gasteiger charge is -2.21. The molecule has 7 nitrogen and oxygen atoms in total. The Morgan fingerprint density at radius 3 is 2.57 bits per heavy atom. The maximum atomic E-state index is 12.8. The van der Waals surface area contributed by atoms with Crippen molar-refractivity contribution in [1.82, 2.24) is 9.97 Å². The number of hydrogen-bond donors (Lipinski definition) is 2. The zero-order chi connectivity index (χ0) is 20.8. The Morgan fingerprint density at radius 2 is 1.77 bits per heavy atom. The largest absolute Gasteiger partial charge is 0.381 e. The first kappa shape index (κ1) is 19.7. The van der Waals surface area contributed by atoms with Crippen molar-refractivity contribution < 1.29 is 14.3 Å². The first-order valence-corrected chi connectivity index (χ1v) is 9.86. The Hall–Kier alpha value is -3.58. The molecule has 2 amide bonds. The van der Waals surface area contributed by atoms with Gasteiger partial charge in [-0.1, -0.05) is 30.3 Å². The van der Waals surface area contributed by atoms with Gasteiger partial charge < -0.3 is 15.4 Å². The first-order chi connectivity index (χ1) is 14.7. The van der Waals surface area contributed by atoms with E-state index >= 15 is 0 Å². The average Bonchev–Trinajstić information content (AvgIpc) is 2.81. The fourth-order valence-electron chi connectivity index (χ4n) is 3.39. The highest BCUT2D eigenvalue weighted by molar-refractivity contribution is 6.06. The summed E-state index contributed by atoms with van der Waals surface area (Å²) in [5.41, 5.74) is 2.86. The maximum Gasteiger partial charge on any atom is 0.255 e. The van der Waals surface area contributed by atoms with Crippen LogP contribution in [-0.4, -0.2) is 35.0 Å². The van der Waals surface area contributed by atoms with Crippen LogP contribution in [0.3, 0.4) is 0 Å². The van der Waals surface area contributed by atoms with Crippen molar-refractivity contribution in [1.29, 1.82) is 0 Å². The van der Waals surface area contributed by atoms with Crippen LogP contribution < -0.4 is 10.6 Å². The van der Waals surface area contributed by atoms with E-state index in [0.717, 1.165) is 11.1 Å². The van der Waals surface area contributed by atoms with Crippen molar-refractivity contribution in [2.24, 2.45) is 5.92 Å². The van der Waals surface area contributed by atoms with E-state index in [2.05, 4.69) is 20.6 Å². The van der Waals surface area contributed by atoms with Crippen LogP contribution in [-0.2, 0) is 9.53 Å². The zero-order valence-corrected chi connectivity index (χ0v) is 16.4. The summed E-state index contributed by atoms with van der Waals surface area (Å²) in [6.07, 6.45) is 6.20. The number of rotatable bonds is 5. The fraction of sp³-hybridized carbons (Fsp3) is 0.217. The van der Waals surface area contributed by atoms with E-state index in [0.29, 0.717) is 43.1 Å². The second-order valence-electron chi connectivity index (χ2n) is 7.05. The molecule has 1 fully saturated rings. The third kappa shape index (κ3) is 4.69. The van der Waals surface area contributed by atoms with Crippen LogP contribution >= 0.6 is 0 Å². The number of pyridine rings is 2. The average molecular weight is 402 g/mol. The summed E-state index contributed by atoms with van der Waals surface area (Å²) < 4.78 is 5.30. The minimum atomic E-state index is -0.302. The van der Waals surface area contributed by atoms with E-state index < -0.39 is 0 Å². The van der Waals surface area contributed by atoms with Gasteiger partial charge >= 0.3 is 0 Å². The molecule has 4 rings (SSSR count). The van der Waals surface area contributed by atoms with Crippen LogP contribution in [0, 0.1) is 5.92 Å². The normalized spacial score (nSPS) is 14.1. The molecule has 152 valence electrons. The van der Waals surface area contributed by atoms with Crippen LogP contribution in [0.5, 0.6) is 0 Å². The molecule has 0 aliphatic carbocycles. The van der Waals surface area contributed by atoms with Gasteiger partial charge in [0.1, 0.15) is 5.82 Å². The van der Waals surface area contributed by atoms with Crippen molar-refractivity contribution in [2.45, 2.75) is 12.8 Å². The molecule has 3 aromatic rings. The van der Waals surface area contributed by atoms with Crippen molar-refractivity contribution in [3.05, 3.63) is 72.7 Å². The topological polar surface area (TPSA) is 93.2 Å². The molecule has 1 aliphatic rings. The quantitative estimate of drug-likeness (QED) is 0.678. The molecule has 0 spiro atoms. The molecule has 0 atom stereocenters. The van der Waals surface area contributed by atoms with Crippen molar-refractivity contribution in [3.63, 3.8) is 0 Å². The smallest absolute Gasteiger partial charge is 0.255 e. The molecule has 0 saturated carbocycles. The molecular formula is C23H22N4O3. The van der Waals surface area contributed by atoms with E-state index in [1.54, 1.807) is 24.5 Å². The number of hydrogen-bond acceptors (Lipinski definition) is 5. The number of ether oxygens (including phenoxy) is 1. The zero-order valence-electron chi connectivity index (χ0n) is 16.4. The highest BCUT2D eigenvalue weighted by atomic mass is 16.5. The number of carbonyl (C=O) groups is 2. The highest BCUT2D eigenvalue weighted by Gasteiger charge is 2.22. The number of anilines is 2. The Morgan fingerprint density at radius 1 is 0.967 bits per heavy atom. The van der Waals surface area contributed by atoms with Crippen molar-refractivity contribution >= 4 is 23.3 Å². The van der Waals surface area contributed by atoms with Crippen LogP contribution in [0.4, 0.5) is 11.5 Å². The highest BCUT2D eigenvalue weighted by Crippen LogP contribution is 2.27. The summed E-state index contributed by atoms with van der Waals surface area (Å²) in [6, 6.07) is 14.8. The monoisotopic (exact) mass is 402 g/mol. The summed E-state index contributed by atoms with van der Waals surface area (Å²) in [6.45, 7) is 1.17. The van der Waals surface area contributed by atoms with E-state index in [1.807, 2.05) is 36.4 Å². The predicted octanol–water partition coefficient (Wildman–Crippen LogP) is 3.76.